The molecule has 0 aliphatic heterocycles. The molecule has 68 heavy (non-hydrogen) atoms. The van der Waals surface area contributed by atoms with Gasteiger partial charge in [0.15, 0.2) is 34.9 Å². The zero-order chi connectivity index (χ0) is 49.3. The molecule has 0 saturated heterocycles. The number of furan rings is 1. The van der Waals surface area contributed by atoms with Crippen LogP contribution in [0.5, 0.6) is 0 Å². The molecule has 0 aliphatic rings. The second-order valence-corrected chi connectivity index (χ2v) is 16.3. The summed E-state index contributed by atoms with van der Waals surface area (Å²) in [5.41, 5.74) is 8.77. The van der Waals surface area contributed by atoms with E-state index in [0.717, 1.165) is 55.0 Å². The highest BCUT2D eigenvalue weighted by molar-refractivity contribution is 6.16. The van der Waals surface area contributed by atoms with Crippen LogP contribution in [0.1, 0.15) is 6.85 Å². The van der Waals surface area contributed by atoms with Crippen molar-refractivity contribution in [3.8, 4) is 85.1 Å². The summed E-state index contributed by atoms with van der Waals surface area (Å²) in [6.45, 7) is 0. The molecular weight excluding hydrogens is 835 g/mol. The summed E-state index contributed by atoms with van der Waals surface area (Å²) >= 11 is 0. The lowest BCUT2D eigenvalue weighted by Crippen LogP contribution is -2.05. The lowest BCUT2D eigenvalue weighted by Gasteiger charge is -2.16. The molecule has 0 N–H and O–H groups in total. The number of hydrogen-bond acceptors (Lipinski definition) is 7. The smallest absolute Gasteiger partial charge is 0.166 e. The highest BCUT2D eigenvalue weighted by atomic mass is 16.3. The van der Waals surface area contributed by atoms with E-state index in [1.54, 1.807) is 0 Å². The van der Waals surface area contributed by atoms with Crippen LogP contribution in [0.25, 0.3) is 129 Å². The van der Waals surface area contributed by atoms with E-state index >= 15 is 0 Å². The van der Waals surface area contributed by atoms with Gasteiger partial charge in [-0.3, -0.25) is 0 Å². The van der Waals surface area contributed by atoms with Gasteiger partial charge >= 0.3 is 0 Å². The molecule has 8 heteroatoms. The fraction of sp³-hybridized carbons (Fsp3) is 0. The average Bonchev–Trinajstić information content (AvgIpc) is 4.00. The van der Waals surface area contributed by atoms with Crippen molar-refractivity contribution in [2.75, 3.05) is 0 Å². The molecule has 0 spiro atoms. The van der Waals surface area contributed by atoms with E-state index in [0.29, 0.717) is 68.3 Å². The molecular formula is C60H37N7O. The third-order valence-electron chi connectivity index (χ3n) is 12.2. The van der Waals surface area contributed by atoms with E-state index < -0.39 is 18.1 Å². The maximum absolute atomic E-state index is 9.05. The zero-order valence-corrected chi connectivity index (χ0v) is 36.0. The van der Waals surface area contributed by atoms with Crippen LogP contribution in [0.15, 0.2) is 229 Å². The Morgan fingerprint density at radius 1 is 0.338 bits per heavy atom. The van der Waals surface area contributed by atoms with Crippen molar-refractivity contribution in [2.45, 2.75) is 0 Å². The Labute approximate surface area is 397 Å². The predicted molar refractivity (Wildman–Crippen MR) is 273 cm³/mol. The van der Waals surface area contributed by atoms with E-state index in [4.69, 9.17) is 41.2 Å². The van der Waals surface area contributed by atoms with Crippen LogP contribution in [0.2, 0.25) is 0 Å². The van der Waals surface area contributed by atoms with Gasteiger partial charge in [-0.2, -0.15) is 0 Å². The van der Waals surface area contributed by atoms with Gasteiger partial charge < -0.3 is 8.98 Å². The lowest BCUT2D eigenvalue weighted by molar-refractivity contribution is 0.669. The summed E-state index contributed by atoms with van der Waals surface area (Å²) in [4.78, 5) is 30.9. The topological polar surface area (TPSA) is 95.4 Å². The highest BCUT2D eigenvalue weighted by Crippen LogP contribution is 2.42. The first-order valence-electron chi connectivity index (χ1n) is 24.6. The van der Waals surface area contributed by atoms with Gasteiger partial charge in [-0.1, -0.05) is 176 Å². The molecule has 13 rings (SSSR count). The zero-order valence-electron chi connectivity index (χ0n) is 41.0. The first-order valence-corrected chi connectivity index (χ1v) is 22.1. The van der Waals surface area contributed by atoms with Crippen molar-refractivity contribution in [3.05, 3.63) is 224 Å². The van der Waals surface area contributed by atoms with Crippen molar-refractivity contribution in [1.29, 1.82) is 0 Å². The van der Waals surface area contributed by atoms with E-state index in [1.807, 2.05) is 194 Å². The number of para-hydroxylation sites is 2. The molecule has 0 atom stereocenters. The summed E-state index contributed by atoms with van der Waals surface area (Å²) in [6, 6.07) is 61.1. The number of aromatic nitrogens is 7. The van der Waals surface area contributed by atoms with Gasteiger partial charge in [0.05, 0.1) is 23.6 Å². The normalized spacial score (nSPS) is 12.6. The van der Waals surface area contributed by atoms with Crippen LogP contribution in [-0.4, -0.2) is 34.5 Å². The first-order chi connectivity index (χ1) is 35.8. The van der Waals surface area contributed by atoms with Crippen LogP contribution >= 0.6 is 0 Å². The Hall–Kier alpha value is -9.40. The molecule has 318 valence electrons. The molecule has 0 radical (unpaired) electrons. The van der Waals surface area contributed by atoms with E-state index in [2.05, 4.69) is 4.57 Å². The summed E-state index contributed by atoms with van der Waals surface area (Å²) in [5.74, 6) is 2.68. The molecule has 0 unspecified atom stereocenters. The van der Waals surface area contributed by atoms with Gasteiger partial charge in [-0.05, 0) is 59.7 Å². The molecule has 0 aliphatic carbocycles. The quantitative estimate of drug-likeness (QED) is 0.150. The van der Waals surface area contributed by atoms with Crippen LogP contribution in [0.3, 0.4) is 0 Å². The highest BCUT2D eigenvalue weighted by Gasteiger charge is 2.23. The molecule has 0 fully saturated rings. The number of rotatable bonds is 8. The minimum Gasteiger partial charge on any atom is -0.456 e. The van der Waals surface area contributed by atoms with Gasteiger partial charge in [0.1, 0.15) is 11.2 Å². The molecule has 13 aromatic rings. The molecule has 0 bridgehead atoms. The standard InChI is InChI=1S/C60H37N7O/c1-5-18-38(19-6-1)44-28-17-30-51-54(44)47-27-13-15-29-49(47)67(51)50-35-33-42(58-62-55(39-20-7-2-8-21-39)61-56(63-58)40-22-9-3-10-23-40)36-48(50)60-65-57(41-24-11-4-12-25-41)64-59(66-60)43-32-34-46-45-26-14-16-31-52(45)68-53(46)37-43/h1-37H/i1D,5D,6D,18D,19D. The second kappa shape index (κ2) is 16.2. The van der Waals surface area contributed by atoms with E-state index in [1.165, 1.54) is 0 Å². The number of hydrogen-bond donors (Lipinski definition) is 0. The van der Waals surface area contributed by atoms with Crippen molar-refractivity contribution < 1.29 is 11.3 Å². The lowest BCUT2D eigenvalue weighted by atomic mass is 9.99. The van der Waals surface area contributed by atoms with Crippen molar-refractivity contribution >= 4 is 43.7 Å². The molecule has 4 heterocycles. The monoisotopic (exact) mass is 876 g/mol. The van der Waals surface area contributed by atoms with Crippen LogP contribution in [0.4, 0.5) is 0 Å². The SMILES string of the molecule is [2H]c1c([2H])c([2H])c(-c2cccc3c2c2ccccc2n3-c2ccc(-c3nc(-c4ccccc4)nc(-c4ccccc4)n3)cc2-c2nc(-c3ccccc3)nc(-c3ccc4c(c3)oc3ccccc34)n2)c([2H])c1[2H]. The van der Waals surface area contributed by atoms with E-state index in [9.17, 15) is 0 Å². The van der Waals surface area contributed by atoms with Crippen molar-refractivity contribution in [2.24, 2.45) is 0 Å². The Kier molecular flexibility index (Phi) is 8.12. The Bertz CT molecular complexity index is 4250. The predicted octanol–water partition coefficient (Wildman–Crippen LogP) is 14.7. The van der Waals surface area contributed by atoms with Crippen LogP contribution < -0.4 is 0 Å². The molecule has 4 aromatic heterocycles. The summed E-state index contributed by atoms with van der Waals surface area (Å²) in [6.07, 6.45) is 0. The Balaban J connectivity index is 1.11. The van der Waals surface area contributed by atoms with Gasteiger partial charge in [-0.15, -0.1) is 0 Å². The third-order valence-corrected chi connectivity index (χ3v) is 12.2. The maximum Gasteiger partial charge on any atom is 0.166 e. The minimum atomic E-state index is -0.452. The Morgan fingerprint density at radius 3 is 1.49 bits per heavy atom. The number of nitrogens with zero attached hydrogens (tertiary/aromatic N) is 7. The summed E-state index contributed by atoms with van der Waals surface area (Å²) < 4.78 is 52.2. The van der Waals surface area contributed by atoms with Crippen LogP contribution in [0, 0.1) is 0 Å². The molecule has 0 saturated carbocycles. The Morgan fingerprint density at radius 2 is 0.838 bits per heavy atom. The van der Waals surface area contributed by atoms with E-state index in [-0.39, 0.29) is 17.6 Å². The third kappa shape index (κ3) is 6.78. The fourth-order valence-corrected chi connectivity index (χ4v) is 9.07. The second-order valence-electron chi connectivity index (χ2n) is 16.3. The average molecular weight is 877 g/mol. The van der Waals surface area contributed by atoms with Gasteiger partial charge in [0.25, 0.3) is 0 Å². The maximum atomic E-state index is 9.05. The minimum absolute atomic E-state index is 0.115. The first kappa shape index (κ1) is 34.0. The number of benzene rings is 9. The van der Waals surface area contributed by atoms with Crippen molar-refractivity contribution in [3.63, 3.8) is 0 Å². The van der Waals surface area contributed by atoms with Gasteiger partial charge in [0, 0.05) is 54.9 Å². The van der Waals surface area contributed by atoms with Crippen molar-refractivity contribution in [1.82, 2.24) is 34.5 Å². The molecule has 8 nitrogen and oxygen atoms in total. The fourth-order valence-electron chi connectivity index (χ4n) is 9.07. The molecule has 9 aromatic carbocycles. The van der Waals surface area contributed by atoms with Gasteiger partial charge in [0.2, 0.25) is 0 Å². The van der Waals surface area contributed by atoms with Crippen LogP contribution in [-0.2, 0) is 0 Å². The van der Waals surface area contributed by atoms with Gasteiger partial charge in [-0.25, -0.2) is 29.9 Å². The summed E-state index contributed by atoms with van der Waals surface area (Å²) in [5, 5.41) is 3.51. The number of fused-ring (bicyclic) bond motifs is 6. The summed E-state index contributed by atoms with van der Waals surface area (Å²) in [7, 11) is 0. The largest absolute Gasteiger partial charge is 0.456 e. The molecule has 0 amide bonds.